The van der Waals surface area contributed by atoms with Gasteiger partial charge in [0.25, 0.3) is 0 Å². The lowest BCUT2D eigenvalue weighted by molar-refractivity contribution is 0.332. The maximum Gasteiger partial charge on any atom is 0.333 e. The van der Waals surface area contributed by atoms with Crippen molar-refractivity contribution in [1.29, 1.82) is 0 Å². The minimum Gasteiger partial charge on any atom is -0.455 e. The third-order valence-corrected chi connectivity index (χ3v) is 16.9. The van der Waals surface area contributed by atoms with Crippen molar-refractivity contribution in [2.75, 3.05) is 4.81 Å². The lowest BCUT2D eigenvalue weighted by Gasteiger charge is -2.46. The fourth-order valence-electron chi connectivity index (χ4n) is 13.0. The maximum atomic E-state index is 7.40. The van der Waals surface area contributed by atoms with E-state index in [1.807, 2.05) is 0 Å². The number of fused-ring (bicyclic) bond motifs is 15. The second-order valence-electron chi connectivity index (χ2n) is 24.3. The van der Waals surface area contributed by atoms with Gasteiger partial charge in [-0.2, -0.15) is 0 Å². The molecule has 4 nitrogen and oxygen atoms in total. The largest absolute Gasteiger partial charge is 0.455 e. The molecule has 11 aromatic rings. The Kier molecular flexibility index (Phi) is 8.54. The molecule has 5 heterocycles. The second-order valence-corrected chi connectivity index (χ2v) is 24.3. The van der Waals surface area contributed by atoms with Gasteiger partial charge in [-0.15, -0.1) is 0 Å². The molecule has 8 aromatic carbocycles. The van der Waals surface area contributed by atoms with Crippen LogP contribution in [-0.2, 0) is 21.7 Å². The monoisotopic (exact) mass is 922 g/mol. The van der Waals surface area contributed by atoms with Gasteiger partial charge in [0.15, 0.2) is 0 Å². The van der Waals surface area contributed by atoms with Gasteiger partial charge in [-0.3, -0.25) is 0 Å². The van der Waals surface area contributed by atoms with Crippen molar-refractivity contribution >= 4 is 83.9 Å². The second kappa shape index (κ2) is 14.2. The third kappa shape index (κ3) is 5.93. The Bertz CT molecular complexity index is 4060. The SMILES string of the molecule is CC(C)(C)c1ccc(N2B3c4cc5oc(-c6ccccc6)c(-c6ccccc6)c5cc4-n4c5ccc(C(C)(C)C)cc5c5c6c(oc7ccccc76)c(c3c54)-c3cc4c(cc32)C(C)(C)CCC4(C)C)cc1. The molecule has 0 saturated carbocycles. The highest BCUT2D eigenvalue weighted by molar-refractivity contribution is 6.94. The first-order valence-electron chi connectivity index (χ1n) is 25.7. The van der Waals surface area contributed by atoms with E-state index in [9.17, 15) is 0 Å². The molecule has 1 aliphatic carbocycles. The van der Waals surface area contributed by atoms with E-state index in [1.165, 1.54) is 88.6 Å². The van der Waals surface area contributed by atoms with Gasteiger partial charge in [-0.05, 0) is 128 Å². The van der Waals surface area contributed by atoms with E-state index in [0.29, 0.717) is 0 Å². The Morgan fingerprint density at radius 3 is 1.85 bits per heavy atom. The Balaban J connectivity index is 1.22. The van der Waals surface area contributed by atoms with Gasteiger partial charge in [0.05, 0.1) is 11.0 Å². The van der Waals surface area contributed by atoms with Crippen LogP contribution in [0.2, 0.25) is 0 Å². The fourth-order valence-corrected chi connectivity index (χ4v) is 13.0. The van der Waals surface area contributed by atoms with Crippen LogP contribution in [0, 0.1) is 0 Å². The zero-order valence-corrected chi connectivity index (χ0v) is 42.6. The Morgan fingerprint density at radius 1 is 0.521 bits per heavy atom. The normalized spacial score (nSPS) is 15.8. The van der Waals surface area contributed by atoms with Crippen molar-refractivity contribution in [3.63, 3.8) is 0 Å². The number of benzene rings is 8. The van der Waals surface area contributed by atoms with Crippen molar-refractivity contribution in [1.82, 2.24) is 4.57 Å². The van der Waals surface area contributed by atoms with E-state index < -0.39 is 0 Å². The summed E-state index contributed by atoms with van der Waals surface area (Å²) in [6.07, 6.45) is 2.26. The molecular weight excluding hydrogens is 864 g/mol. The van der Waals surface area contributed by atoms with Gasteiger partial charge in [-0.1, -0.05) is 166 Å². The van der Waals surface area contributed by atoms with Crippen LogP contribution in [0.1, 0.15) is 104 Å². The van der Waals surface area contributed by atoms with Crippen LogP contribution in [-0.4, -0.2) is 11.4 Å². The molecule has 0 atom stereocenters. The molecule has 71 heavy (non-hydrogen) atoms. The summed E-state index contributed by atoms with van der Waals surface area (Å²) >= 11 is 0. The van der Waals surface area contributed by atoms with E-state index in [-0.39, 0.29) is 28.5 Å². The lowest BCUT2D eigenvalue weighted by atomic mass is 9.43. The number of nitrogens with zero attached hydrogens (tertiary/aromatic N) is 2. The van der Waals surface area contributed by atoms with Crippen LogP contribution in [0.5, 0.6) is 0 Å². The molecule has 0 saturated heterocycles. The highest BCUT2D eigenvalue weighted by Gasteiger charge is 2.48. The van der Waals surface area contributed by atoms with Crippen molar-refractivity contribution in [3.8, 4) is 39.3 Å². The predicted molar refractivity (Wildman–Crippen MR) is 300 cm³/mol. The van der Waals surface area contributed by atoms with Crippen LogP contribution in [0.25, 0.3) is 94.0 Å². The summed E-state index contributed by atoms with van der Waals surface area (Å²) in [5, 5.41) is 5.95. The Labute approximate surface area is 417 Å². The van der Waals surface area contributed by atoms with Gasteiger partial charge < -0.3 is 18.2 Å². The van der Waals surface area contributed by atoms with E-state index in [1.54, 1.807) is 0 Å². The molecule has 0 amide bonds. The zero-order valence-electron chi connectivity index (χ0n) is 42.6. The van der Waals surface area contributed by atoms with E-state index in [2.05, 4.69) is 230 Å². The maximum absolute atomic E-state index is 7.40. The molecule has 14 rings (SSSR count). The van der Waals surface area contributed by atoms with Crippen LogP contribution in [0.3, 0.4) is 0 Å². The number of furan rings is 2. The average molecular weight is 923 g/mol. The summed E-state index contributed by atoms with van der Waals surface area (Å²) in [7, 11) is 0. The first kappa shape index (κ1) is 42.6. The van der Waals surface area contributed by atoms with Gasteiger partial charge in [0.1, 0.15) is 22.5 Å². The summed E-state index contributed by atoms with van der Waals surface area (Å²) < 4.78 is 17.3. The molecule has 0 N–H and O–H groups in total. The van der Waals surface area contributed by atoms with Gasteiger partial charge in [0.2, 0.25) is 0 Å². The van der Waals surface area contributed by atoms with E-state index in [0.717, 1.165) is 62.8 Å². The first-order chi connectivity index (χ1) is 34.0. The molecule has 2 aliphatic heterocycles. The number of hydrogen-bond acceptors (Lipinski definition) is 3. The first-order valence-corrected chi connectivity index (χ1v) is 25.7. The smallest absolute Gasteiger partial charge is 0.333 e. The molecule has 348 valence electrons. The predicted octanol–water partition coefficient (Wildman–Crippen LogP) is 16.9. The molecule has 3 aromatic heterocycles. The summed E-state index contributed by atoms with van der Waals surface area (Å²) in [5.41, 5.74) is 22.4. The van der Waals surface area contributed by atoms with Crippen LogP contribution in [0.4, 0.5) is 11.4 Å². The Morgan fingerprint density at radius 2 is 1.15 bits per heavy atom. The van der Waals surface area contributed by atoms with Gasteiger partial charge in [0, 0.05) is 66.2 Å². The summed E-state index contributed by atoms with van der Waals surface area (Å²) in [6, 6.07) is 57.0. The van der Waals surface area contributed by atoms with Gasteiger partial charge in [-0.25, -0.2) is 0 Å². The fraction of sp³-hybridized carbons (Fsp3) is 0.242. The number of hydrogen-bond donors (Lipinski definition) is 0. The third-order valence-electron chi connectivity index (χ3n) is 16.9. The molecule has 0 spiro atoms. The zero-order chi connectivity index (χ0) is 48.7. The van der Waals surface area contributed by atoms with E-state index >= 15 is 0 Å². The number of aromatic nitrogens is 1. The number of anilines is 2. The highest BCUT2D eigenvalue weighted by atomic mass is 16.3. The lowest BCUT2D eigenvalue weighted by Crippen LogP contribution is -2.60. The molecule has 0 unspecified atom stereocenters. The minimum atomic E-state index is -0.236. The van der Waals surface area contributed by atoms with Crippen LogP contribution in [0.15, 0.2) is 160 Å². The van der Waals surface area contributed by atoms with Crippen molar-refractivity contribution < 1.29 is 8.83 Å². The summed E-state index contributed by atoms with van der Waals surface area (Å²) in [5.74, 6) is 0.883. The van der Waals surface area contributed by atoms with Crippen LogP contribution < -0.4 is 15.7 Å². The molecule has 3 aliphatic rings. The van der Waals surface area contributed by atoms with E-state index in [4.69, 9.17) is 8.83 Å². The number of para-hydroxylation sites is 1. The quantitative estimate of drug-likeness (QED) is 0.166. The molecule has 0 bridgehead atoms. The van der Waals surface area contributed by atoms with Crippen molar-refractivity contribution in [3.05, 3.63) is 174 Å². The van der Waals surface area contributed by atoms with Crippen molar-refractivity contribution in [2.24, 2.45) is 0 Å². The molecule has 0 radical (unpaired) electrons. The molecule has 0 fully saturated rings. The summed E-state index contributed by atoms with van der Waals surface area (Å²) in [4.78, 5) is 2.70. The van der Waals surface area contributed by atoms with Crippen molar-refractivity contribution in [2.45, 2.75) is 104 Å². The van der Waals surface area contributed by atoms with Crippen LogP contribution >= 0.6 is 0 Å². The molecule has 5 heteroatoms. The minimum absolute atomic E-state index is 0.000769. The topological polar surface area (TPSA) is 34.5 Å². The number of rotatable bonds is 3. The Hall–Kier alpha value is -7.24. The van der Waals surface area contributed by atoms with Gasteiger partial charge >= 0.3 is 6.85 Å². The highest BCUT2D eigenvalue weighted by Crippen LogP contribution is 2.56. The standard InChI is InChI=1S/C66H59BN2O2/c1-63(2,3)40-25-28-42(29-26-40)69-51-36-48-47(65(7,8)31-32-66(48,9)10)34-45(51)58-59-60-56(57-43-23-17-18-24-53(43)70-62(57)58)44-33-41(64(4,5)6)27-30-50(44)68(60)52-35-46-54(37-49(52)67(59)69)71-61(39-21-15-12-16-22-39)55(46)38-19-13-11-14-20-38/h11-30,33-37H,31-32H2,1-10H3. The summed E-state index contributed by atoms with van der Waals surface area (Å²) in [6.45, 7) is 23.5. The average Bonchev–Trinajstić information content (AvgIpc) is 4.04. The molecular formula is C66H59BN2O2.